The van der Waals surface area contributed by atoms with Gasteiger partial charge in [-0.15, -0.1) is 0 Å². The molecule has 1 aromatic carbocycles. The van der Waals surface area contributed by atoms with Gasteiger partial charge in [-0.25, -0.2) is 0 Å². The lowest BCUT2D eigenvalue weighted by molar-refractivity contribution is 0.585. The van der Waals surface area contributed by atoms with Gasteiger partial charge in [0, 0.05) is 0 Å². The van der Waals surface area contributed by atoms with E-state index in [0.29, 0.717) is 0 Å². The molecule has 0 saturated heterocycles. The van der Waals surface area contributed by atoms with Crippen molar-refractivity contribution < 1.29 is 8.83 Å². The quantitative estimate of drug-likeness (QED) is 0.681. The fraction of sp³-hybridized carbons (Fsp3) is 0.125. The lowest BCUT2D eigenvalue weighted by Crippen LogP contribution is -2.64. The Morgan fingerprint density at radius 3 is 1.74 bits per heavy atom. The van der Waals surface area contributed by atoms with Gasteiger partial charge in [0.25, 0.3) is 0 Å². The fourth-order valence-electron chi connectivity index (χ4n) is 2.42. The van der Waals surface area contributed by atoms with E-state index in [9.17, 15) is 0 Å². The average molecular weight is 268 g/mol. The highest BCUT2D eigenvalue weighted by atomic mass is 28.3. The molecule has 19 heavy (non-hydrogen) atoms. The number of benzene rings is 1. The van der Waals surface area contributed by atoms with Crippen LogP contribution in [0, 0.1) is 6.92 Å². The van der Waals surface area contributed by atoms with Gasteiger partial charge in [-0.3, -0.25) is 0 Å². The average Bonchev–Trinajstić information content (AvgIpc) is 3.12. The van der Waals surface area contributed by atoms with Gasteiger partial charge in [0.15, 0.2) is 0 Å². The summed E-state index contributed by atoms with van der Waals surface area (Å²) in [5.74, 6) is 0. The maximum Gasteiger partial charge on any atom is 0.233 e. The van der Waals surface area contributed by atoms with E-state index in [2.05, 4.69) is 49.9 Å². The highest BCUT2D eigenvalue weighted by molar-refractivity contribution is 7.09. The number of rotatable bonds is 3. The van der Waals surface area contributed by atoms with Crippen LogP contribution in [0.4, 0.5) is 0 Å². The van der Waals surface area contributed by atoms with Crippen LogP contribution in [-0.2, 0) is 0 Å². The molecule has 3 aromatic rings. The second kappa shape index (κ2) is 4.59. The highest BCUT2D eigenvalue weighted by Crippen LogP contribution is 2.08. The van der Waals surface area contributed by atoms with Gasteiger partial charge in [-0.05, 0) is 36.4 Å². The molecule has 0 amide bonds. The van der Waals surface area contributed by atoms with Crippen molar-refractivity contribution in [3.05, 3.63) is 66.6 Å². The van der Waals surface area contributed by atoms with Crippen LogP contribution in [-0.4, -0.2) is 8.07 Å². The maximum atomic E-state index is 5.71. The first kappa shape index (κ1) is 12.1. The molecule has 3 rings (SSSR count). The Hall–Kier alpha value is -2.00. The van der Waals surface area contributed by atoms with Gasteiger partial charge < -0.3 is 8.83 Å². The zero-order valence-corrected chi connectivity index (χ0v) is 12.1. The third kappa shape index (κ3) is 1.96. The zero-order valence-electron chi connectivity index (χ0n) is 11.1. The van der Waals surface area contributed by atoms with Crippen LogP contribution in [0.15, 0.2) is 69.9 Å². The topological polar surface area (TPSA) is 26.3 Å². The zero-order chi connectivity index (χ0) is 13.3. The van der Waals surface area contributed by atoms with Crippen molar-refractivity contribution >= 4 is 24.0 Å². The van der Waals surface area contributed by atoms with Crippen molar-refractivity contribution in [1.29, 1.82) is 0 Å². The molecule has 0 radical (unpaired) electrons. The normalized spacial score (nSPS) is 11.7. The second-order valence-corrected chi connectivity index (χ2v) is 8.76. The summed E-state index contributed by atoms with van der Waals surface area (Å²) >= 11 is 0. The van der Waals surface area contributed by atoms with Crippen LogP contribution < -0.4 is 16.0 Å². The summed E-state index contributed by atoms with van der Waals surface area (Å²) in [5, 5.41) is 3.33. The molecule has 0 saturated carbocycles. The predicted octanol–water partition coefficient (Wildman–Crippen LogP) is 2.28. The molecule has 2 aromatic heterocycles. The summed E-state index contributed by atoms with van der Waals surface area (Å²) in [6.45, 7) is 4.36. The molecule has 0 atom stereocenters. The van der Waals surface area contributed by atoms with Crippen molar-refractivity contribution in [1.82, 2.24) is 0 Å². The lowest BCUT2D eigenvalue weighted by atomic mass is 10.2. The van der Waals surface area contributed by atoms with E-state index >= 15 is 0 Å². The largest absolute Gasteiger partial charge is 0.473 e. The number of hydrogen-bond acceptors (Lipinski definition) is 2. The Morgan fingerprint density at radius 2 is 1.32 bits per heavy atom. The van der Waals surface area contributed by atoms with Crippen molar-refractivity contribution in [2.75, 3.05) is 0 Å². The van der Waals surface area contributed by atoms with Crippen LogP contribution in [0.5, 0.6) is 0 Å². The van der Waals surface area contributed by atoms with Crippen LogP contribution in [0.1, 0.15) is 5.56 Å². The summed E-state index contributed by atoms with van der Waals surface area (Å²) in [5.41, 5.74) is 1.26. The first-order valence-electron chi connectivity index (χ1n) is 6.36. The molecular formula is C16H16O2Si. The van der Waals surface area contributed by atoms with E-state index in [1.807, 2.05) is 12.1 Å². The molecule has 0 fully saturated rings. The third-order valence-electron chi connectivity index (χ3n) is 3.66. The van der Waals surface area contributed by atoms with Crippen LogP contribution in [0.2, 0.25) is 6.55 Å². The van der Waals surface area contributed by atoms with E-state index in [1.54, 1.807) is 12.5 Å². The molecule has 0 unspecified atom stereocenters. The van der Waals surface area contributed by atoms with Gasteiger partial charge >= 0.3 is 0 Å². The van der Waals surface area contributed by atoms with Crippen LogP contribution in [0.25, 0.3) is 0 Å². The second-order valence-electron chi connectivity index (χ2n) is 4.95. The maximum absolute atomic E-state index is 5.71. The van der Waals surface area contributed by atoms with Crippen molar-refractivity contribution in [3.63, 3.8) is 0 Å². The van der Waals surface area contributed by atoms with Crippen molar-refractivity contribution in [2.45, 2.75) is 13.5 Å². The van der Waals surface area contributed by atoms with E-state index in [4.69, 9.17) is 8.83 Å². The summed E-state index contributed by atoms with van der Waals surface area (Å²) in [6, 6.07) is 16.6. The third-order valence-corrected chi connectivity index (χ3v) is 7.69. The first-order chi connectivity index (χ1) is 9.21. The Labute approximate surface area is 113 Å². The molecule has 2 heterocycles. The molecule has 0 spiro atoms. The van der Waals surface area contributed by atoms with E-state index in [1.165, 1.54) is 10.8 Å². The smallest absolute Gasteiger partial charge is 0.233 e. The molecule has 0 aliphatic carbocycles. The number of hydrogen-bond donors (Lipinski definition) is 0. The molecule has 0 aliphatic heterocycles. The minimum Gasteiger partial charge on any atom is -0.473 e. The molecule has 0 bridgehead atoms. The number of aryl methyl sites for hydroxylation is 1. The van der Waals surface area contributed by atoms with Crippen LogP contribution >= 0.6 is 0 Å². The number of furan rings is 2. The minimum absolute atomic E-state index is 1.02. The van der Waals surface area contributed by atoms with Gasteiger partial charge in [0.1, 0.15) is 0 Å². The fourth-order valence-corrected chi connectivity index (χ4v) is 5.53. The van der Waals surface area contributed by atoms with Gasteiger partial charge in [-0.2, -0.15) is 0 Å². The molecular weight excluding hydrogens is 252 g/mol. The Kier molecular flexibility index (Phi) is 2.91. The molecule has 0 N–H and O–H groups in total. The summed E-state index contributed by atoms with van der Waals surface area (Å²) in [7, 11) is -2.13. The summed E-state index contributed by atoms with van der Waals surface area (Å²) in [6.07, 6.45) is 3.47. The Morgan fingerprint density at radius 1 is 0.789 bits per heavy atom. The van der Waals surface area contributed by atoms with Gasteiger partial charge in [0.2, 0.25) is 8.07 Å². The summed E-state index contributed by atoms with van der Waals surface area (Å²) in [4.78, 5) is 0. The van der Waals surface area contributed by atoms with Gasteiger partial charge in [-0.1, -0.05) is 36.4 Å². The standard InChI is InChI=1S/C16H16O2Si/c1-13-7-9-14(10-8-13)19(2,15-5-3-11-17-15)16-6-4-12-18-16/h3-12H,1-2H3. The first-order valence-corrected chi connectivity index (χ1v) is 8.86. The molecule has 96 valence electrons. The van der Waals surface area contributed by atoms with Gasteiger partial charge in [0.05, 0.1) is 23.3 Å². The lowest BCUT2D eigenvalue weighted by Gasteiger charge is -2.23. The monoisotopic (exact) mass is 268 g/mol. The SMILES string of the molecule is Cc1ccc([Si](C)(c2ccco2)c2ccco2)cc1. The Bertz CT molecular complexity index is 602. The van der Waals surface area contributed by atoms with Crippen molar-refractivity contribution in [3.8, 4) is 0 Å². The Balaban J connectivity index is 2.20. The molecule has 2 nitrogen and oxygen atoms in total. The van der Waals surface area contributed by atoms with Crippen molar-refractivity contribution in [2.24, 2.45) is 0 Å². The van der Waals surface area contributed by atoms with E-state index < -0.39 is 8.07 Å². The molecule has 0 aliphatic rings. The van der Waals surface area contributed by atoms with E-state index in [0.717, 1.165) is 10.8 Å². The van der Waals surface area contributed by atoms with Crippen LogP contribution in [0.3, 0.4) is 0 Å². The summed E-state index contributed by atoms with van der Waals surface area (Å²) < 4.78 is 11.4. The van der Waals surface area contributed by atoms with E-state index in [-0.39, 0.29) is 0 Å². The highest BCUT2D eigenvalue weighted by Gasteiger charge is 2.40. The molecule has 3 heteroatoms. The minimum atomic E-state index is -2.13. The predicted molar refractivity (Wildman–Crippen MR) is 79.1 cm³/mol.